The topological polar surface area (TPSA) is 36.4 Å². The van der Waals surface area contributed by atoms with Crippen LogP contribution >= 0.6 is 24.0 Å². The molecular weight excluding hydrogens is 325 g/mol. The lowest BCUT2D eigenvalue weighted by Crippen LogP contribution is -2.42. The van der Waals surface area contributed by atoms with Crippen LogP contribution in [0.3, 0.4) is 0 Å². The Balaban J connectivity index is 0. The smallest absolute Gasteiger partial charge is 0.191 e. The van der Waals surface area contributed by atoms with Crippen LogP contribution in [0.15, 0.2) is 4.99 Å². The van der Waals surface area contributed by atoms with Gasteiger partial charge in [0.05, 0.1) is 0 Å². The molecule has 0 saturated carbocycles. The molecule has 0 aromatic heterocycles. The zero-order valence-corrected chi connectivity index (χ0v) is 14.2. The van der Waals surface area contributed by atoms with Crippen molar-refractivity contribution in [2.75, 3.05) is 13.6 Å². The van der Waals surface area contributed by atoms with Gasteiger partial charge in [-0.05, 0) is 19.8 Å². The van der Waals surface area contributed by atoms with Crippen molar-refractivity contribution in [3.63, 3.8) is 0 Å². The number of unbranched alkanes of at least 4 members (excludes halogenated alkanes) is 3. The summed E-state index contributed by atoms with van der Waals surface area (Å²) >= 11 is 0. The van der Waals surface area contributed by atoms with Crippen molar-refractivity contribution in [3.05, 3.63) is 0 Å². The zero-order valence-electron chi connectivity index (χ0n) is 11.9. The number of hydrogen-bond acceptors (Lipinski definition) is 1. The van der Waals surface area contributed by atoms with E-state index in [2.05, 4.69) is 36.4 Å². The van der Waals surface area contributed by atoms with Gasteiger partial charge in [0, 0.05) is 19.6 Å². The molecule has 17 heavy (non-hydrogen) atoms. The van der Waals surface area contributed by atoms with E-state index in [0.29, 0.717) is 6.04 Å². The molecule has 1 atom stereocenters. The Hall–Kier alpha value is 0. The largest absolute Gasteiger partial charge is 0.356 e. The van der Waals surface area contributed by atoms with Crippen molar-refractivity contribution in [2.24, 2.45) is 4.99 Å². The van der Waals surface area contributed by atoms with Crippen LogP contribution < -0.4 is 10.6 Å². The fraction of sp³-hybridized carbons (Fsp3) is 0.923. The maximum absolute atomic E-state index is 4.22. The molecule has 0 bridgehead atoms. The third-order valence-electron chi connectivity index (χ3n) is 2.67. The second kappa shape index (κ2) is 14.1. The molecule has 0 spiro atoms. The average molecular weight is 355 g/mol. The normalized spacial score (nSPS) is 12.8. The first-order valence-electron chi connectivity index (χ1n) is 6.71. The molecule has 0 heterocycles. The Morgan fingerprint density at radius 3 is 2.29 bits per heavy atom. The highest BCUT2D eigenvalue weighted by Crippen LogP contribution is 2.02. The molecule has 0 radical (unpaired) electrons. The average Bonchev–Trinajstić information content (AvgIpc) is 2.28. The third-order valence-corrected chi connectivity index (χ3v) is 2.67. The van der Waals surface area contributed by atoms with Gasteiger partial charge < -0.3 is 10.6 Å². The number of halogens is 1. The molecule has 3 nitrogen and oxygen atoms in total. The monoisotopic (exact) mass is 355 g/mol. The molecule has 0 aliphatic carbocycles. The van der Waals surface area contributed by atoms with Crippen LogP contribution in [0.5, 0.6) is 0 Å². The van der Waals surface area contributed by atoms with E-state index in [0.717, 1.165) is 12.5 Å². The fourth-order valence-corrected chi connectivity index (χ4v) is 1.58. The van der Waals surface area contributed by atoms with Crippen LogP contribution in [0.25, 0.3) is 0 Å². The van der Waals surface area contributed by atoms with E-state index in [-0.39, 0.29) is 24.0 Å². The van der Waals surface area contributed by atoms with Gasteiger partial charge in [0.25, 0.3) is 0 Å². The summed E-state index contributed by atoms with van der Waals surface area (Å²) in [4.78, 5) is 4.22. The second-order valence-corrected chi connectivity index (χ2v) is 4.39. The van der Waals surface area contributed by atoms with E-state index in [4.69, 9.17) is 0 Å². The van der Waals surface area contributed by atoms with Crippen molar-refractivity contribution in [2.45, 2.75) is 65.3 Å². The standard InChI is InChI=1S/C13H29N3.HI/c1-5-7-9-10-12(3)16-13(14-4)15-11-8-6-2;/h12H,5-11H2,1-4H3,(H2,14,15,16);1H. The molecule has 0 saturated heterocycles. The number of rotatable bonds is 8. The van der Waals surface area contributed by atoms with Crippen molar-refractivity contribution in [1.82, 2.24) is 10.6 Å². The van der Waals surface area contributed by atoms with Gasteiger partial charge in [-0.1, -0.05) is 39.5 Å². The summed E-state index contributed by atoms with van der Waals surface area (Å²) in [5.41, 5.74) is 0. The van der Waals surface area contributed by atoms with Gasteiger partial charge in [0.1, 0.15) is 0 Å². The molecule has 0 rings (SSSR count). The first-order chi connectivity index (χ1) is 7.74. The van der Waals surface area contributed by atoms with Gasteiger partial charge in [0.15, 0.2) is 5.96 Å². The van der Waals surface area contributed by atoms with Gasteiger partial charge in [0.2, 0.25) is 0 Å². The maximum Gasteiger partial charge on any atom is 0.191 e. The highest BCUT2D eigenvalue weighted by Gasteiger charge is 2.03. The van der Waals surface area contributed by atoms with Gasteiger partial charge in [-0.25, -0.2) is 0 Å². The van der Waals surface area contributed by atoms with E-state index >= 15 is 0 Å². The quantitative estimate of drug-likeness (QED) is 0.302. The SMILES string of the molecule is CCCCCC(C)NC(=NC)NCCCC.I. The number of nitrogens with zero attached hydrogens (tertiary/aromatic N) is 1. The van der Waals surface area contributed by atoms with Crippen LogP contribution in [-0.2, 0) is 0 Å². The Morgan fingerprint density at radius 2 is 1.76 bits per heavy atom. The van der Waals surface area contributed by atoms with Crippen LogP contribution in [0.4, 0.5) is 0 Å². The summed E-state index contributed by atoms with van der Waals surface area (Å²) in [6.07, 6.45) is 7.56. The van der Waals surface area contributed by atoms with Gasteiger partial charge >= 0.3 is 0 Å². The molecule has 1 unspecified atom stereocenters. The Labute approximate surface area is 124 Å². The molecule has 0 aromatic carbocycles. The first-order valence-corrected chi connectivity index (χ1v) is 6.71. The van der Waals surface area contributed by atoms with E-state index in [1.54, 1.807) is 0 Å². The predicted octanol–water partition coefficient (Wildman–Crippen LogP) is 3.54. The lowest BCUT2D eigenvalue weighted by Gasteiger charge is -2.17. The van der Waals surface area contributed by atoms with Gasteiger partial charge in [-0.2, -0.15) is 0 Å². The predicted molar refractivity (Wildman–Crippen MR) is 88.4 cm³/mol. The molecule has 4 heteroatoms. The summed E-state index contributed by atoms with van der Waals surface area (Å²) < 4.78 is 0. The molecule has 0 aliphatic rings. The van der Waals surface area contributed by atoms with Crippen LogP contribution in [0.2, 0.25) is 0 Å². The maximum atomic E-state index is 4.22. The molecule has 2 N–H and O–H groups in total. The van der Waals surface area contributed by atoms with Crippen LogP contribution in [0, 0.1) is 0 Å². The summed E-state index contributed by atoms with van der Waals surface area (Å²) in [5.74, 6) is 0.942. The Bertz CT molecular complexity index is 184. The number of aliphatic imine (C=N–C) groups is 1. The van der Waals surface area contributed by atoms with Gasteiger partial charge in [-0.15, -0.1) is 24.0 Å². The minimum absolute atomic E-state index is 0. The first kappa shape index (κ1) is 19.3. The number of nitrogens with one attached hydrogen (secondary N) is 2. The molecule has 0 amide bonds. The minimum Gasteiger partial charge on any atom is -0.356 e. The minimum atomic E-state index is 0. The summed E-state index contributed by atoms with van der Waals surface area (Å²) in [5, 5.41) is 6.75. The Kier molecular flexibility index (Phi) is 16.0. The number of guanidine groups is 1. The number of hydrogen-bond donors (Lipinski definition) is 2. The fourth-order valence-electron chi connectivity index (χ4n) is 1.58. The van der Waals surface area contributed by atoms with Crippen LogP contribution in [-0.4, -0.2) is 25.6 Å². The molecule has 0 aliphatic heterocycles. The molecule has 104 valence electrons. The Morgan fingerprint density at radius 1 is 1.12 bits per heavy atom. The second-order valence-electron chi connectivity index (χ2n) is 4.39. The lowest BCUT2D eigenvalue weighted by atomic mass is 10.1. The van der Waals surface area contributed by atoms with E-state index in [1.807, 2.05) is 7.05 Å². The van der Waals surface area contributed by atoms with Crippen molar-refractivity contribution in [3.8, 4) is 0 Å². The lowest BCUT2D eigenvalue weighted by molar-refractivity contribution is 0.546. The molecular formula is C13H30IN3. The highest BCUT2D eigenvalue weighted by atomic mass is 127. The molecule has 0 aromatic rings. The summed E-state index contributed by atoms with van der Waals surface area (Å²) in [6.45, 7) is 7.68. The zero-order chi connectivity index (χ0) is 12.2. The van der Waals surface area contributed by atoms with E-state index in [1.165, 1.54) is 38.5 Å². The van der Waals surface area contributed by atoms with Crippen molar-refractivity contribution < 1.29 is 0 Å². The van der Waals surface area contributed by atoms with Crippen LogP contribution in [0.1, 0.15) is 59.3 Å². The summed E-state index contributed by atoms with van der Waals surface area (Å²) in [6, 6.07) is 0.513. The summed E-state index contributed by atoms with van der Waals surface area (Å²) in [7, 11) is 1.83. The van der Waals surface area contributed by atoms with Crippen molar-refractivity contribution in [1.29, 1.82) is 0 Å². The third kappa shape index (κ3) is 12.2. The highest BCUT2D eigenvalue weighted by molar-refractivity contribution is 14.0. The van der Waals surface area contributed by atoms with E-state index in [9.17, 15) is 0 Å². The van der Waals surface area contributed by atoms with Crippen molar-refractivity contribution >= 4 is 29.9 Å². The van der Waals surface area contributed by atoms with Gasteiger partial charge in [-0.3, -0.25) is 4.99 Å². The van der Waals surface area contributed by atoms with E-state index < -0.39 is 0 Å². The molecule has 0 fully saturated rings.